The molecule has 2 aromatic carbocycles. The van der Waals surface area contributed by atoms with Crippen LogP contribution in [0.2, 0.25) is 0 Å². The molecule has 5 heteroatoms. The van der Waals surface area contributed by atoms with Crippen LogP contribution in [-0.2, 0) is 4.79 Å². The Balaban J connectivity index is 1.58. The number of rotatable bonds is 6. The molecule has 25 heavy (non-hydrogen) atoms. The molecule has 2 aromatic rings. The number of hydrogen-bond acceptors (Lipinski definition) is 4. The van der Waals surface area contributed by atoms with Gasteiger partial charge < -0.3 is 19.7 Å². The van der Waals surface area contributed by atoms with Gasteiger partial charge in [0.25, 0.3) is 5.91 Å². The maximum Gasteiger partial charge on any atom is 0.262 e. The van der Waals surface area contributed by atoms with Crippen LogP contribution in [0.4, 0.5) is 11.4 Å². The molecular weight excluding hydrogens is 316 g/mol. The summed E-state index contributed by atoms with van der Waals surface area (Å²) in [6, 6.07) is 13.3. The Morgan fingerprint density at radius 3 is 2.52 bits per heavy atom. The summed E-state index contributed by atoms with van der Waals surface area (Å²) in [4.78, 5) is 14.5. The third-order valence-corrected chi connectivity index (χ3v) is 4.36. The highest BCUT2D eigenvalue weighted by atomic mass is 16.5. The number of nitrogens with zero attached hydrogens (tertiary/aromatic N) is 1. The SMILES string of the molecule is COc1ccccc1OCC(=O)Nc1ccc(N2CCCC2)c(C)c1. The number of para-hydroxylation sites is 2. The van der Waals surface area contributed by atoms with Crippen molar-refractivity contribution in [2.75, 3.05) is 37.0 Å². The molecule has 0 unspecified atom stereocenters. The summed E-state index contributed by atoms with van der Waals surface area (Å²) >= 11 is 0. The average molecular weight is 340 g/mol. The van der Waals surface area contributed by atoms with Gasteiger partial charge in [0.2, 0.25) is 0 Å². The van der Waals surface area contributed by atoms with E-state index in [1.54, 1.807) is 19.2 Å². The van der Waals surface area contributed by atoms with Gasteiger partial charge in [-0.2, -0.15) is 0 Å². The van der Waals surface area contributed by atoms with Crippen LogP contribution in [0.3, 0.4) is 0 Å². The zero-order chi connectivity index (χ0) is 17.6. The van der Waals surface area contributed by atoms with Crippen LogP contribution >= 0.6 is 0 Å². The molecule has 132 valence electrons. The Hall–Kier alpha value is -2.69. The van der Waals surface area contributed by atoms with Crippen molar-refractivity contribution in [1.82, 2.24) is 0 Å². The largest absolute Gasteiger partial charge is 0.493 e. The van der Waals surface area contributed by atoms with Gasteiger partial charge in [-0.1, -0.05) is 12.1 Å². The van der Waals surface area contributed by atoms with Crippen LogP contribution < -0.4 is 19.7 Å². The van der Waals surface area contributed by atoms with Crippen LogP contribution in [-0.4, -0.2) is 32.7 Å². The summed E-state index contributed by atoms with van der Waals surface area (Å²) in [5.41, 5.74) is 3.21. The molecule has 0 saturated carbocycles. The molecule has 0 aromatic heterocycles. The maximum absolute atomic E-state index is 12.2. The van der Waals surface area contributed by atoms with E-state index in [1.807, 2.05) is 24.3 Å². The number of carbonyl (C=O) groups excluding carboxylic acids is 1. The van der Waals surface area contributed by atoms with Crippen molar-refractivity contribution in [1.29, 1.82) is 0 Å². The molecule has 1 aliphatic heterocycles. The van der Waals surface area contributed by atoms with Gasteiger partial charge in [0, 0.05) is 24.5 Å². The molecule has 3 rings (SSSR count). The quantitative estimate of drug-likeness (QED) is 0.872. The van der Waals surface area contributed by atoms with Crippen LogP contribution in [0.5, 0.6) is 11.5 Å². The fourth-order valence-electron chi connectivity index (χ4n) is 3.12. The van der Waals surface area contributed by atoms with Gasteiger partial charge in [-0.05, 0) is 55.7 Å². The van der Waals surface area contributed by atoms with Crippen molar-refractivity contribution in [2.24, 2.45) is 0 Å². The zero-order valence-corrected chi connectivity index (χ0v) is 14.7. The monoisotopic (exact) mass is 340 g/mol. The van der Waals surface area contributed by atoms with Crippen molar-refractivity contribution in [3.05, 3.63) is 48.0 Å². The second-order valence-electron chi connectivity index (χ2n) is 6.18. The molecule has 5 nitrogen and oxygen atoms in total. The maximum atomic E-state index is 12.2. The topological polar surface area (TPSA) is 50.8 Å². The van der Waals surface area contributed by atoms with E-state index in [1.165, 1.54) is 24.1 Å². The summed E-state index contributed by atoms with van der Waals surface area (Å²) in [7, 11) is 1.58. The number of amides is 1. The molecule has 0 radical (unpaired) electrons. The van der Waals surface area contributed by atoms with Crippen molar-refractivity contribution in [2.45, 2.75) is 19.8 Å². The lowest BCUT2D eigenvalue weighted by Crippen LogP contribution is -2.21. The number of methoxy groups -OCH3 is 1. The number of ether oxygens (including phenoxy) is 2. The fourth-order valence-corrected chi connectivity index (χ4v) is 3.12. The number of hydrogen-bond donors (Lipinski definition) is 1. The van der Waals surface area contributed by atoms with E-state index >= 15 is 0 Å². The third kappa shape index (κ3) is 4.24. The van der Waals surface area contributed by atoms with Crippen LogP contribution in [0, 0.1) is 6.92 Å². The lowest BCUT2D eigenvalue weighted by atomic mass is 10.1. The predicted octanol–water partition coefficient (Wildman–Crippen LogP) is 3.62. The number of nitrogens with one attached hydrogen (secondary N) is 1. The van der Waals surface area contributed by atoms with Crippen molar-refractivity contribution in [3.8, 4) is 11.5 Å². The van der Waals surface area contributed by atoms with E-state index in [2.05, 4.69) is 23.2 Å². The standard InChI is InChI=1S/C20H24N2O3/c1-15-13-16(9-10-17(15)22-11-5-6-12-22)21-20(23)14-25-19-8-4-3-7-18(19)24-2/h3-4,7-10,13H,5-6,11-12,14H2,1-2H3,(H,21,23). The van der Waals surface area contributed by atoms with Gasteiger partial charge in [0.05, 0.1) is 7.11 Å². The number of anilines is 2. The lowest BCUT2D eigenvalue weighted by molar-refractivity contribution is -0.118. The summed E-state index contributed by atoms with van der Waals surface area (Å²) < 4.78 is 10.8. The molecule has 0 spiro atoms. The molecule has 0 bridgehead atoms. The van der Waals surface area contributed by atoms with E-state index in [0.717, 1.165) is 18.8 Å². The second-order valence-corrected chi connectivity index (χ2v) is 6.18. The zero-order valence-electron chi connectivity index (χ0n) is 14.7. The number of benzene rings is 2. The predicted molar refractivity (Wildman–Crippen MR) is 99.7 cm³/mol. The van der Waals surface area contributed by atoms with E-state index in [-0.39, 0.29) is 12.5 Å². The Morgan fingerprint density at radius 1 is 1.12 bits per heavy atom. The average Bonchev–Trinajstić information content (AvgIpc) is 3.14. The minimum atomic E-state index is -0.195. The molecule has 1 amide bonds. The molecule has 1 saturated heterocycles. The Labute approximate surface area is 148 Å². The molecule has 1 aliphatic rings. The molecule has 0 atom stereocenters. The Morgan fingerprint density at radius 2 is 1.84 bits per heavy atom. The first-order chi connectivity index (χ1) is 12.2. The summed E-state index contributed by atoms with van der Waals surface area (Å²) in [5.74, 6) is 0.973. The van der Waals surface area contributed by atoms with Gasteiger partial charge in [0.15, 0.2) is 18.1 Å². The van der Waals surface area contributed by atoms with Crippen LogP contribution in [0.25, 0.3) is 0 Å². The minimum absolute atomic E-state index is 0.0622. The molecule has 1 fully saturated rings. The first kappa shape index (κ1) is 17.1. The second kappa shape index (κ2) is 7.92. The Bertz CT molecular complexity index is 739. The Kier molecular flexibility index (Phi) is 5.43. The molecule has 1 heterocycles. The molecule has 1 N–H and O–H groups in total. The lowest BCUT2D eigenvalue weighted by Gasteiger charge is -2.20. The van der Waals surface area contributed by atoms with Crippen LogP contribution in [0.15, 0.2) is 42.5 Å². The van der Waals surface area contributed by atoms with E-state index in [4.69, 9.17) is 9.47 Å². The minimum Gasteiger partial charge on any atom is -0.493 e. The van der Waals surface area contributed by atoms with Gasteiger partial charge in [0.1, 0.15) is 0 Å². The first-order valence-electron chi connectivity index (χ1n) is 8.58. The van der Waals surface area contributed by atoms with Crippen molar-refractivity contribution >= 4 is 17.3 Å². The highest BCUT2D eigenvalue weighted by Gasteiger charge is 2.15. The van der Waals surface area contributed by atoms with Crippen LogP contribution in [0.1, 0.15) is 18.4 Å². The van der Waals surface area contributed by atoms with Gasteiger partial charge in [-0.15, -0.1) is 0 Å². The summed E-state index contributed by atoms with van der Waals surface area (Å²) in [5, 5.41) is 2.89. The smallest absolute Gasteiger partial charge is 0.262 e. The normalized spacial score (nSPS) is 13.6. The third-order valence-electron chi connectivity index (χ3n) is 4.36. The molecular formula is C20H24N2O3. The molecule has 0 aliphatic carbocycles. The number of carbonyl (C=O) groups is 1. The fraction of sp³-hybridized carbons (Fsp3) is 0.350. The van der Waals surface area contributed by atoms with Gasteiger partial charge >= 0.3 is 0 Å². The van der Waals surface area contributed by atoms with Crippen molar-refractivity contribution in [3.63, 3.8) is 0 Å². The highest BCUT2D eigenvalue weighted by Crippen LogP contribution is 2.27. The number of aryl methyl sites for hydroxylation is 1. The van der Waals surface area contributed by atoms with Gasteiger partial charge in [-0.3, -0.25) is 4.79 Å². The van der Waals surface area contributed by atoms with Gasteiger partial charge in [-0.25, -0.2) is 0 Å². The first-order valence-corrected chi connectivity index (χ1v) is 8.58. The van der Waals surface area contributed by atoms with E-state index in [0.29, 0.717) is 11.5 Å². The summed E-state index contributed by atoms with van der Waals surface area (Å²) in [6.07, 6.45) is 2.50. The summed E-state index contributed by atoms with van der Waals surface area (Å²) in [6.45, 7) is 4.24. The highest BCUT2D eigenvalue weighted by molar-refractivity contribution is 5.92. The van der Waals surface area contributed by atoms with E-state index < -0.39 is 0 Å². The van der Waals surface area contributed by atoms with E-state index in [9.17, 15) is 4.79 Å². The van der Waals surface area contributed by atoms with Crippen molar-refractivity contribution < 1.29 is 14.3 Å².